The molecular weight excluding hydrogens is 264 g/mol. The highest BCUT2D eigenvalue weighted by Crippen LogP contribution is 2.24. The van der Waals surface area contributed by atoms with Crippen LogP contribution in [0.5, 0.6) is 0 Å². The number of nitrogens with one attached hydrogen (secondary N) is 1. The van der Waals surface area contributed by atoms with Gasteiger partial charge in [0, 0.05) is 25.6 Å². The first-order chi connectivity index (χ1) is 10.3. The van der Waals surface area contributed by atoms with Crippen molar-refractivity contribution in [2.24, 2.45) is 0 Å². The number of aryl methyl sites for hydroxylation is 1. The summed E-state index contributed by atoms with van der Waals surface area (Å²) in [6.45, 7) is 6.31. The Morgan fingerprint density at radius 3 is 2.86 bits per heavy atom. The molecule has 5 heteroatoms. The van der Waals surface area contributed by atoms with Crippen LogP contribution in [0, 0.1) is 0 Å². The van der Waals surface area contributed by atoms with Crippen LogP contribution >= 0.6 is 0 Å². The predicted molar refractivity (Wildman–Crippen MR) is 86.9 cm³/mol. The molecule has 1 fully saturated rings. The van der Waals surface area contributed by atoms with Crippen molar-refractivity contribution < 1.29 is 5.11 Å². The minimum atomic E-state index is 0.186. The van der Waals surface area contributed by atoms with E-state index < -0.39 is 0 Å². The fraction of sp³-hybridized carbons (Fsp3) is 0.750. The average Bonchev–Trinajstić information content (AvgIpc) is 2.77. The van der Waals surface area contributed by atoms with Crippen molar-refractivity contribution in [3.8, 4) is 0 Å². The van der Waals surface area contributed by atoms with Gasteiger partial charge in [-0.25, -0.2) is 9.97 Å². The van der Waals surface area contributed by atoms with Crippen LogP contribution in [0.1, 0.15) is 51.8 Å². The van der Waals surface area contributed by atoms with Crippen molar-refractivity contribution in [3.05, 3.63) is 11.9 Å². The van der Waals surface area contributed by atoms with E-state index in [9.17, 15) is 5.11 Å². The molecule has 1 aromatic rings. The third kappa shape index (κ3) is 4.30. The molecule has 1 unspecified atom stereocenters. The van der Waals surface area contributed by atoms with E-state index in [-0.39, 0.29) is 12.6 Å². The van der Waals surface area contributed by atoms with Gasteiger partial charge in [-0.05, 0) is 19.3 Å². The van der Waals surface area contributed by atoms with Gasteiger partial charge in [0.05, 0.1) is 12.6 Å². The minimum absolute atomic E-state index is 0.186. The van der Waals surface area contributed by atoms with Gasteiger partial charge < -0.3 is 15.3 Å². The van der Waals surface area contributed by atoms with Gasteiger partial charge in [0.1, 0.15) is 17.5 Å². The molecule has 0 amide bonds. The highest BCUT2D eigenvalue weighted by Gasteiger charge is 2.22. The maximum atomic E-state index is 9.68. The number of aliphatic hydroxyl groups excluding tert-OH is 1. The third-order valence-electron chi connectivity index (χ3n) is 4.01. The normalized spacial score (nSPS) is 19.4. The molecule has 1 aliphatic heterocycles. The molecule has 0 radical (unpaired) electrons. The van der Waals surface area contributed by atoms with Gasteiger partial charge in [-0.2, -0.15) is 0 Å². The van der Waals surface area contributed by atoms with Gasteiger partial charge in [0.2, 0.25) is 0 Å². The highest BCUT2D eigenvalue weighted by atomic mass is 16.3. The second kappa shape index (κ2) is 8.17. The number of aromatic nitrogens is 2. The summed E-state index contributed by atoms with van der Waals surface area (Å²) in [5.74, 6) is 2.73. The molecule has 2 N–H and O–H groups in total. The lowest BCUT2D eigenvalue weighted by atomic mass is 10.1. The molecule has 5 nitrogen and oxygen atoms in total. The van der Waals surface area contributed by atoms with Crippen LogP contribution in [-0.4, -0.2) is 40.8 Å². The molecule has 0 bridgehead atoms. The van der Waals surface area contributed by atoms with Gasteiger partial charge in [-0.1, -0.05) is 26.7 Å². The van der Waals surface area contributed by atoms with Crippen LogP contribution in [-0.2, 0) is 6.42 Å². The van der Waals surface area contributed by atoms with Gasteiger partial charge in [-0.15, -0.1) is 0 Å². The summed E-state index contributed by atoms with van der Waals surface area (Å²) >= 11 is 0. The van der Waals surface area contributed by atoms with E-state index >= 15 is 0 Å². The van der Waals surface area contributed by atoms with Crippen LogP contribution in [0.4, 0.5) is 11.6 Å². The van der Waals surface area contributed by atoms with Crippen LogP contribution in [0.2, 0.25) is 0 Å². The molecule has 0 saturated carbocycles. The zero-order valence-electron chi connectivity index (χ0n) is 13.3. The first-order valence-corrected chi connectivity index (χ1v) is 8.27. The fourth-order valence-corrected chi connectivity index (χ4v) is 2.80. The number of hydrogen-bond acceptors (Lipinski definition) is 5. The van der Waals surface area contributed by atoms with Gasteiger partial charge in [-0.3, -0.25) is 0 Å². The van der Waals surface area contributed by atoms with E-state index in [1.807, 2.05) is 6.07 Å². The summed E-state index contributed by atoms with van der Waals surface area (Å²) in [5.41, 5.74) is 0. The molecule has 0 spiro atoms. The molecule has 118 valence electrons. The fourth-order valence-electron chi connectivity index (χ4n) is 2.80. The molecule has 0 aliphatic carbocycles. The topological polar surface area (TPSA) is 61.3 Å². The number of hydrogen-bond donors (Lipinski definition) is 2. The molecule has 1 saturated heterocycles. The van der Waals surface area contributed by atoms with Crippen molar-refractivity contribution in [2.75, 3.05) is 29.9 Å². The van der Waals surface area contributed by atoms with Crippen LogP contribution in [0.3, 0.4) is 0 Å². The quantitative estimate of drug-likeness (QED) is 0.844. The zero-order valence-corrected chi connectivity index (χ0v) is 13.3. The molecule has 1 aliphatic rings. The number of rotatable bonds is 6. The van der Waals surface area contributed by atoms with Crippen molar-refractivity contribution in [1.82, 2.24) is 9.97 Å². The molecule has 2 rings (SSSR count). The summed E-state index contributed by atoms with van der Waals surface area (Å²) in [4.78, 5) is 11.5. The molecule has 1 atom stereocenters. The second-order valence-electron chi connectivity index (χ2n) is 5.69. The summed E-state index contributed by atoms with van der Waals surface area (Å²) < 4.78 is 0. The Morgan fingerprint density at radius 2 is 2.14 bits per heavy atom. The molecular formula is C16H28N4O. The van der Waals surface area contributed by atoms with Crippen LogP contribution in [0.25, 0.3) is 0 Å². The van der Waals surface area contributed by atoms with Crippen LogP contribution < -0.4 is 10.2 Å². The lowest BCUT2D eigenvalue weighted by Crippen LogP contribution is -2.38. The summed E-state index contributed by atoms with van der Waals surface area (Å²) in [6, 6.07) is 2.22. The smallest absolute Gasteiger partial charge is 0.134 e. The molecule has 2 heterocycles. The summed E-state index contributed by atoms with van der Waals surface area (Å²) in [6.07, 6.45) is 6.53. The van der Waals surface area contributed by atoms with E-state index in [0.717, 1.165) is 49.8 Å². The summed E-state index contributed by atoms with van der Waals surface area (Å²) in [5, 5.41) is 13.0. The van der Waals surface area contributed by atoms with E-state index in [1.165, 1.54) is 19.3 Å². The van der Waals surface area contributed by atoms with Crippen LogP contribution in [0.15, 0.2) is 6.07 Å². The third-order valence-corrected chi connectivity index (χ3v) is 4.01. The lowest BCUT2D eigenvalue weighted by Gasteiger charge is -2.30. The Hall–Kier alpha value is -1.36. The van der Waals surface area contributed by atoms with Crippen molar-refractivity contribution in [2.45, 2.75) is 58.4 Å². The average molecular weight is 292 g/mol. The highest BCUT2D eigenvalue weighted by molar-refractivity contribution is 5.50. The zero-order chi connectivity index (χ0) is 15.1. The van der Waals surface area contributed by atoms with Gasteiger partial charge in [0.25, 0.3) is 0 Å². The standard InChI is InChI=1S/C16H28N4O/c1-3-9-17-15-11-16(19-14(4-2)18-15)20-10-7-5-6-8-13(20)12-21/h11,13,21H,3-10,12H2,1-2H3,(H,17,18,19). The first kappa shape index (κ1) is 16.0. The number of nitrogens with zero attached hydrogens (tertiary/aromatic N) is 3. The monoisotopic (exact) mass is 292 g/mol. The van der Waals surface area contributed by atoms with E-state index in [4.69, 9.17) is 0 Å². The van der Waals surface area contributed by atoms with E-state index in [0.29, 0.717) is 0 Å². The van der Waals surface area contributed by atoms with Gasteiger partial charge in [0.15, 0.2) is 0 Å². The predicted octanol–water partition coefficient (Wildman–Crippen LogP) is 2.60. The molecule has 21 heavy (non-hydrogen) atoms. The summed E-state index contributed by atoms with van der Waals surface area (Å²) in [7, 11) is 0. The lowest BCUT2D eigenvalue weighted by molar-refractivity contribution is 0.254. The second-order valence-corrected chi connectivity index (χ2v) is 5.69. The molecule has 0 aromatic carbocycles. The Bertz CT molecular complexity index is 438. The Labute approximate surface area is 127 Å². The van der Waals surface area contributed by atoms with Crippen molar-refractivity contribution in [1.29, 1.82) is 0 Å². The Balaban J connectivity index is 2.26. The number of anilines is 2. The first-order valence-electron chi connectivity index (χ1n) is 8.27. The Kier molecular flexibility index (Phi) is 6.23. The van der Waals surface area contributed by atoms with E-state index in [2.05, 4.69) is 34.0 Å². The van der Waals surface area contributed by atoms with Crippen molar-refractivity contribution in [3.63, 3.8) is 0 Å². The molecule has 1 aromatic heterocycles. The Morgan fingerprint density at radius 1 is 1.29 bits per heavy atom. The maximum absolute atomic E-state index is 9.68. The number of aliphatic hydroxyl groups is 1. The largest absolute Gasteiger partial charge is 0.394 e. The SMILES string of the molecule is CCCNc1cc(N2CCCCCC2CO)nc(CC)n1. The minimum Gasteiger partial charge on any atom is -0.394 e. The van der Waals surface area contributed by atoms with Crippen molar-refractivity contribution >= 4 is 11.6 Å². The van der Waals surface area contributed by atoms with Gasteiger partial charge >= 0.3 is 0 Å². The maximum Gasteiger partial charge on any atom is 0.134 e. The van der Waals surface area contributed by atoms with E-state index in [1.54, 1.807) is 0 Å².